The molecule has 8 heteroatoms. The van der Waals surface area contributed by atoms with E-state index in [0.717, 1.165) is 10.6 Å². The Kier molecular flexibility index (Phi) is 4.64. The topological polar surface area (TPSA) is 80.9 Å². The average Bonchev–Trinajstić information content (AvgIpc) is 3.14. The van der Waals surface area contributed by atoms with Gasteiger partial charge in [-0.05, 0) is 32.9 Å². The molecule has 1 N–H and O–H groups in total. The van der Waals surface area contributed by atoms with Crippen molar-refractivity contribution in [3.8, 4) is 10.6 Å². The van der Waals surface area contributed by atoms with Crippen LogP contribution in [0.4, 0.5) is 0 Å². The lowest BCUT2D eigenvalue weighted by molar-refractivity contribution is 0.0936. The van der Waals surface area contributed by atoms with Crippen molar-refractivity contribution in [2.45, 2.75) is 26.8 Å². The number of nitrogens with one attached hydrogen (secondary N) is 1. The second-order valence-electron chi connectivity index (χ2n) is 5.32. The van der Waals surface area contributed by atoms with Gasteiger partial charge in [0.2, 0.25) is 5.89 Å². The fraction of sp³-hybridized carbons (Fsp3) is 0.250. The molecule has 24 heavy (non-hydrogen) atoms. The summed E-state index contributed by atoms with van der Waals surface area (Å²) in [7, 11) is 0. The molecule has 1 aromatic carbocycles. The van der Waals surface area contributed by atoms with Gasteiger partial charge in [0, 0.05) is 10.6 Å². The summed E-state index contributed by atoms with van der Waals surface area (Å²) in [6.45, 7) is 5.33. The Morgan fingerprint density at radius 3 is 2.58 bits per heavy atom. The number of carbonyl (C=O) groups is 1. The maximum Gasteiger partial charge on any atom is 0.263 e. The third-order valence-corrected chi connectivity index (χ3v) is 4.81. The van der Waals surface area contributed by atoms with Gasteiger partial charge in [0.25, 0.3) is 5.91 Å². The van der Waals surface area contributed by atoms with E-state index in [2.05, 4.69) is 20.4 Å². The zero-order valence-corrected chi connectivity index (χ0v) is 14.9. The maximum absolute atomic E-state index is 12.5. The molecule has 1 atom stereocenters. The number of amides is 1. The lowest BCUT2D eigenvalue weighted by Gasteiger charge is -2.08. The Morgan fingerprint density at radius 2 is 1.96 bits per heavy atom. The number of halogens is 1. The number of hydrogen-bond donors (Lipinski definition) is 1. The number of aryl methyl sites for hydroxylation is 2. The van der Waals surface area contributed by atoms with E-state index in [-0.39, 0.29) is 11.9 Å². The number of thiazole rings is 1. The molecule has 0 spiro atoms. The summed E-state index contributed by atoms with van der Waals surface area (Å²) < 4.78 is 5.08. The summed E-state index contributed by atoms with van der Waals surface area (Å²) in [5.41, 5.74) is 1.60. The van der Waals surface area contributed by atoms with E-state index in [4.69, 9.17) is 16.1 Å². The van der Waals surface area contributed by atoms with Gasteiger partial charge in [0.05, 0.1) is 5.69 Å². The van der Waals surface area contributed by atoms with Gasteiger partial charge in [-0.15, -0.1) is 11.3 Å². The first-order chi connectivity index (χ1) is 11.4. The van der Waals surface area contributed by atoms with Gasteiger partial charge in [-0.2, -0.15) is 4.98 Å². The highest BCUT2D eigenvalue weighted by Gasteiger charge is 2.21. The first-order valence-corrected chi connectivity index (χ1v) is 8.48. The van der Waals surface area contributed by atoms with Crippen molar-refractivity contribution in [2.24, 2.45) is 0 Å². The molecule has 0 aliphatic heterocycles. The fourth-order valence-corrected chi connectivity index (χ4v) is 3.24. The highest BCUT2D eigenvalue weighted by atomic mass is 35.5. The molecular weight excluding hydrogens is 348 g/mol. The summed E-state index contributed by atoms with van der Waals surface area (Å²) >= 11 is 7.24. The SMILES string of the molecule is Cc1noc(C(C)NC(=O)c2sc(-c3ccc(Cl)cc3)nc2C)n1. The molecule has 0 saturated heterocycles. The van der Waals surface area contributed by atoms with Gasteiger partial charge < -0.3 is 9.84 Å². The number of carbonyl (C=O) groups excluding carboxylic acids is 1. The quantitative estimate of drug-likeness (QED) is 0.759. The molecule has 1 unspecified atom stereocenters. The second kappa shape index (κ2) is 6.70. The van der Waals surface area contributed by atoms with Crippen molar-refractivity contribution in [3.05, 3.63) is 51.6 Å². The molecule has 3 aromatic rings. The number of hydrogen-bond acceptors (Lipinski definition) is 6. The van der Waals surface area contributed by atoms with Crippen molar-refractivity contribution < 1.29 is 9.32 Å². The van der Waals surface area contributed by atoms with Gasteiger partial charge in [-0.1, -0.05) is 28.9 Å². The maximum atomic E-state index is 12.5. The van der Waals surface area contributed by atoms with Crippen LogP contribution in [0.25, 0.3) is 10.6 Å². The van der Waals surface area contributed by atoms with Gasteiger partial charge >= 0.3 is 0 Å². The lowest BCUT2D eigenvalue weighted by atomic mass is 10.2. The molecule has 3 rings (SSSR count). The van der Waals surface area contributed by atoms with E-state index in [1.54, 1.807) is 26.0 Å². The van der Waals surface area contributed by atoms with Crippen molar-refractivity contribution in [1.82, 2.24) is 20.4 Å². The predicted molar refractivity (Wildman–Crippen MR) is 92.2 cm³/mol. The van der Waals surface area contributed by atoms with Crippen LogP contribution in [0.15, 0.2) is 28.8 Å². The van der Waals surface area contributed by atoms with E-state index in [1.807, 2.05) is 19.1 Å². The summed E-state index contributed by atoms with van der Waals surface area (Å²) in [5.74, 6) is 0.694. The normalized spacial score (nSPS) is 12.2. The molecule has 2 aromatic heterocycles. The third-order valence-electron chi connectivity index (χ3n) is 3.36. The smallest absolute Gasteiger partial charge is 0.263 e. The second-order valence-corrected chi connectivity index (χ2v) is 6.75. The van der Waals surface area contributed by atoms with Gasteiger partial charge in [0.15, 0.2) is 5.82 Å². The molecule has 6 nitrogen and oxygen atoms in total. The van der Waals surface area contributed by atoms with Gasteiger partial charge in [-0.25, -0.2) is 4.98 Å². The zero-order chi connectivity index (χ0) is 17.3. The summed E-state index contributed by atoms with van der Waals surface area (Å²) in [6, 6.07) is 6.98. The minimum Gasteiger partial charge on any atom is -0.340 e. The average molecular weight is 363 g/mol. The molecule has 0 saturated carbocycles. The monoisotopic (exact) mass is 362 g/mol. The van der Waals surface area contributed by atoms with Crippen molar-refractivity contribution in [3.63, 3.8) is 0 Å². The molecule has 0 aliphatic carbocycles. The molecule has 0 radical (unpaired) electrons. The number of rotatable bonds is 4. The molecule has 124 valence electrons. The van der Waals surface area contributed by atoms with Gasteiger partial charge in [-0.3, -0.25) is 4.79 Å². The van der Waals surface area contributed by atoms with Crippen LogP contribution in [0, 0.1) is 13.8 Å². The Morgan fingerprint density at radius 1 is 1.25 bits per heavy atom. The molecule has 2 heterocycles. The Balaban J connectivity index is 1.79. The van der Waals surface area contributed by atoms with E-state index in [1.165, 1.54) is 11.3 Å². The fourth-order valence-electron chi connectivity index (χ4n) is 2.14. The summed E-state index contributed by atoms with van der Waals surface area (Å²) in [4.78, 5) is 21.7. The van der Waals surface area contributed by atoms with E-state index < -0.39 is 0 Å². The Labute approximate surface area is 147 Å². The Hall–Kier alpha value is -2.25. The van der Waals surface area contributed by atoms with Crippen LogP contribution in [-0.2, 0) is 0 Å². The minimum atomic E-state index is -0.376. The largest absolute Gasteiger partial charge is 0.340 e. The van der Waals surface area contributed by atoms with E-state index in [0.29, 0.717) is 27.3 Å². The minimum absolute atomic E-state index is 0.214. The first-order valence-electron chi connectivity index (χ1n) is 7.28. The van der Waals surface area contributed by atoms with Crippen LogP contribution in [0.3, 0.4) is 0 Å². The van der Waals surface area contributed by atoms with E-state index >= 15 is 0 Å². The standard InChI is InChI=1S/C16H15ClN4O2S/c1-8-13(14(22)18-9(2)15-20-10(3)21-23-15)24-16(19-8)11-4-6-12(17)7-5-11/h4-7,9H,1-3H3,(H,18,22). The first kappa shape index (κ1) is 16.6. The van der Waals surface area contributed by atoms with Crippen LogP contribution in [0.2, 0.25) is 5.02 Å². The summed E-state index contributed by atoms with van der Waals surface area (Å²) in [6.07, 6.45) is 0. The van der Waals surface area contributed by atoms with Crippen LogP contribution in [-0.4, -0.2) is 21.0 Å². The van der Waals surface area contributed by atoms with Crippen LogP contribution in [0.1, 0.15) is 40.0 Å². The van der Waals surface area contributed by atoms with Crippen LogP contribution < -0.4 is 5.32 Å². The number of aromatic nitrogens is 3. The van der Waals surface area contributed by atoms with Crippen molar-refractivity contribution in [1.29, 1.82) is 0 Å². The van der Waals surface area contributed by atoms with Crippen molar-refractivity contribution in [2.75, 3.05) is 0 Å². The van der Waals surface area contributed by atoms with Gasteiger partial charge in [0.1, 0.15) is 15.9 Å². The molecule has 0 fully saturated rings. The number of benzene rings is 1. The van der Waals surface area contributed by atoms with E-state index in [9.17, 15) is 4.79 Å². The van der Waals surface area contributed by atoms with Crippen molar-refractivity contribution >= 4 is 28.8 Å². The molecular formula is C16H15ClN4O2S. The summed E-state index contributed by atoms with van der Waals surface area (Å²) in [5, 5.41) is 8.02. The zero-order valence-electron chi connectivity index (χ0n) is 13.3. The highest BCUT2D eigenvalue weighted by Crippen LogP contribution is 2.29. The van der Waals surface area contributed by atoms with Crippen LogP contribution >= 0.6 is 22.9 Å². The molecule has 0 bridgehead atoms. The number of nitrogens with zero attached hydrogens (tertiary/aromatic N) is 3. The highest BCUT2D eigenvalue weighted by molar-refractivity contribution is 7.17. The molecule has 0 aliphatic rings. The lowest BCUT2D eigenvalue weighted by Crippen LogP contribution is -2.26. The predicted octanol–water partition coefficient (Wildman–Crippen LogP) is 3.95. The van der Waals surface area contributed by atoms with Crippen LogP contribution in [0.5, 0.6) is 0 Å². The molecule has 1 amide bonds. The third kappa shape index (κ3) is 3.47. The Bertz CT molecular complexity index is 873.